The minimum atomic E-state index is -0.314. The number of ether oxygens (including phenoxy) is 1. The summed E-state index contributed by atoms with van der Waals surface area (Å²) < 4.78 is 19.3. The van der Waals surface area contributed by atoms with Gasteiger partial charge in [0.15, 0.2) is 0 Å². The van der Waals surface area contributed by atoms with Crippen LogP contribution in [0, 0.1) is 12.7 Å². The lowest BCUT2D eigenvalue weighted by molar-refractivity contribution is 0.455. The third-order valence-electron chi connectivity index (χ3n) is 3.64. The Balaban J connectivity index is 2.01. The number of benzene rings is 1. The van der Waals surface area contributed by atoms with Crippen LogP contribution in [-0.2, 0) is 12.8 Å². The lowest BCUT2D eigenvalue weighted by atomic mass is 10.1. The van der Waals surface area contributed by atoms with Crippen molar-refractivity contribution < 1.29 is 9.13 Å². The van der Waals surface area contributed by atoms with E-state index in [1.807, 2.05) is 6.07 Å². The molecule has 0 atom stereocenters. The van der Waals surface area contributed by atoms with Crippen molar-refractivity contribution in [3.63, 3.8) is 0 Å². The summed E-state index contributed by atoms with van der Waals surface area (Å²) in [5.74, 6) is 0.429. The molecule has 0 amide bonds. The monoisotopic (exact) mass is 302 g/mol. The molecule has 0 radical (unpaired) electrons. The molecule has 3 rings (SSSR count). The number of hydrogen-bond acceptors (Lipinski definition) is 3. The van der Waals surface area contributed by atoms with Gasteiger partial charge in [-0.2, -0.15) is 0 Å². The van der Waals surface area contributed by atoms with Crippen LogP contribution in [0.1, 0.15) is 28.8 Å². The number of hydrogen-bond donors (Lipinski definition) is 1. The maximum atomic E-state index is 13.6. The van der Waals surface area contributed by atoms with E-state index in [1.54, 1.807) is 19.1 Å². The van der Waals surface area contributed by atoms with Crippen LogP contribution in [0.5, 0.6) is 11.6 Å². The molecular formula is C16H15FN2OS. The predicted octanol–water partition coefficient (Wildman–Crippen LogP) is 3.44. The van der Waals surface area contributed by atoms with Gasteiger partial charge in [-0.15, -0.1) is 0 Å². The van der Waals surface area contributed by atoms with Crippen LogP contribution in [0.4, 0.5) is 4.39 Å². The summed E-state index contributed by atoms with van der Waals surface area (Å²) in [6.45, 7) is 1.70. The van der Waals surface area contributed by atoms with E-state index >= 15 is 0 Å². The molecule has 0 saturated carbocycles. The van der Waals surface area contributed by atoms with Gasteiger partial charge in [-0.1, -0.05) is 18.3 Å². The van der Waals surface area contributed by atoms with Gasteiger partial charge in [-0.25, -0.2) is 9.37 Å². The van der Waals surface area contributed by atoms with Crippen molar-refractivity contribution >= 4 is 17.2 Å². The molecule has 2 N–H and O–H groups in total. The maximum absolute atomic E-state index is 13.6. The van der Waals surface area contributed by atoms with Gasteiger partial charge in [0, 0.05) is 11.8 Å². The Morgan fingerprint density at radius 1 is 1.33 bits per heavy atom. The van der Waals surface area contributed by atoms with E-state index in [9.17, 15) is 4.39 Å². The molecule has 0 saturated heterocycles. The number of thiocarbonyl (C=S) groups is 1. The first-order chi connectivity index (χ1) is 10.0. The Morgan fingerprint density at radius 2 is 2.14 bits per heavy atom. The van der Waals surface area contributed by atoms with Gasteiger partial charge >= 0.3 is 0 Å². The molecule has 0 bridgehead atoms. The van der Waals surface area contributed by atoms with E-state index in [0.717, 1.165) is 25.0 Å². The van der Waals surface area contributed by atoms with Gasteiger partial charge in [-0.3, -0.25) is 0 Å². The SMILES string of the molecule is Cc1ccc(Oc2nc3c(cc2C(N)=S)CCC3)cc1F. The van der Waals surface area contributed by atoms with Crippen molar-refractivity contribution in [2.24, 2.45) is 5.73 Å². The molecule has 0 aliphatic heterocycles. The van der Waals surface area contributed by atoms with Gasteiger partial charge in [0.25, 0.3) is 0 Å². The molecule has 3 nitrogen and oxygen atoms in total. The Kier molecular flexibility index (Phi) is 3.59. The summed E-state index contributed by atoms with van der Waals surface area (Å²) in [7, 11) is 0. The highest BCUT2D eigenvalue weighted by atomic mass is 32.1. The first-order valence-corrected chi connectivity index (χ1v) is 7.22. The number of halogens is 1. The van der Waals surface area contributed by atoms with E-state index in [-0.39, 0.29) is 10.8 Å². The number of fused-ring (bicyclic) bond motifs is 1. The second-order valence-electron chi connectivity index (χ2n) is 5.18. The van der Waals surface area contributed by atoms with Gasteiger partial charge in [-0.05, 0) is 49.4 Å². The minimum Gasteiger partial charge on any atom is -0.438 e. The molecule has 5 heteroatoms. The van der Waals surface area contributed by atoms with Crippen molar-refractivity contribution in [1.29, 1.82) is 0 Å². The molecule has 0 fully saturated rings. The standard InChI is InChI=1S/C16H15FN2OS/c1-9-5-6-11(8-13(9)17)20-16-12(15(18)21)7-10-3-2-4-14(10)19-16/h5-8H,2-4H2,1H3,(H2,18,21). The Hall–Kier alpha value is -2.01. The van der Waals surface area contributed by atoms with Crippen LogP contribution in [0.3, 0.4) is 0 Å². The number of aryl methyl sites for hydroxylation is 3. The van der Waals surface area contributed by atoms with E-state index < -0.39 is 0 Å². The molecule has 1 heterocycles. The summed E-state index contributed by atoms with van der Waals surface area (Å²) in [5, 5.41) is 0. The van der Waals surface area contributed by atoms with Crippen molar-refractivity contribution in [3.05, 3.63) is 52.5 Å². The summed E-state index contributed by atoms with van der Waals surface area (Å²) >= 11 is 5.07. The highest BCUT2D eigenvalue weighted by molar-refractivity contribution is 7.80. The third kappa shape index (κ3) is 2.74. The molecule has 21 heavy (non-hydrogen) atoms. The fraction of sp³-hybridized carbons (Fsp3) is 0.250. The summed E-state index contributed by atoms with van der Waals surface area (Å²) in [6, 6.07) is 6.65. The second-order valence-corrected chi connectivity index (χ2v) is 5.62. The molecule has 1 aliphatic rings. The first kappa shape index (κ1) is 13.9. The van der Waals surface area contributed by atoms with Gasteiger partial charge < -0.3 is 10.5 Å². The number of nitrogens with zero attached hydrogens (tertiary/aromatic N) is 1. The zero-order valence-electron chi connectivity index (χ0n) is 11.6. The Bertz CT molecular complexity index is 730. The predicted molar refractivity (Wildman–Crippen MR) is 83.4 cm³/mol. The van der Waals surface area contributed by atoms with Crippen LogP contribution < -0.4 is 10.5 Å². The topological polar surface area (TPSA) is 48.1 Å². The Morgan fingerprint density at radius 3 is 2.86 bits per heavy atom. The summed E-state index contributed by atoms with van der Waals surface area (Å²) in [4.78, 5) is 4.75. The highest BCUT2D eigenvalue weighted by Gasteiger charge is 2.19. The highest BCUT2D eigenvalue weighted by Crippen LogP contribution is 2.30. The van der Waals surface area contributed by atoms with Crippen LogP contribution in [-0.4, -0.2) is 9.97 Å². The second kappa shape index (κ2) is 5.41. The smallest absolute Gasteiger partial charge is 0.229 e. The average Bonchev–Trinajstić information content (AvgIpc) is 2.89. The van der Waals surface area contributed by atoms with E-state index in [2.05, 4.69) is 4.98 Å². The lowest BCUT2D eigenvalue weighted by Crippen LogP contribution is -2.13. The van der Waals surface area contributed by atoms with Crippen LogP contribution in [0.25, 0.3) is 0 Å². The maximum Gasteiger partial charge on any atom is 0.229 e. The number of rotatable bonds is 3. The van der Waals surface area contributed by atoms with Crippen LogP contribution >= 0.6 is 12.2 Å². The fourth-order valence-corrected chi connectivity index (χ4v) is 2.60. The first-order valence-electron chi connectivity index (χ1n) is 6.81. The van der Waals surface area contributed by atoms with Crippen molar-refractivity contribution in [1.82, 2.24) is 4.98 Å². The normalized spacial score (nSPS) is 13.0. The quantitative estimate of drug-likeness (QED) is 0.882. The lowest BCUT2D eigenvalue weighted by Gasteiger charge is -2.12. The number of aromatic nitrogens is 1. The van der Waals surface area contributed by atoms with E-state index in [1.165, 1.54) is 11.6 Å². The van der Waals surface area contributed by atoms with E-state index in [0.29, 0.717) is 22.8 Å². The largest absolute Gasteiger partial charge is 0.438 e. The summed E-state index contributed by atoms with van der Waals surface area (Å²) in [5.41, 5.74) is 9.10. The Labute approximate surface area is 128 Å². The average molecular weight is 302 g/mol. The summed E-state index contributed by atoms with van der Waals surface area (Å²) in [6.07, 6.45) is 2.98. The number of pyridine rings is 1. The van der Waals surface area contributed by atoms with Crippen LogP contribution in [0.15, 0.2) is 24.3 Å². The molecular weight excluding hydrogens is 287 g/mol. The van der Waals surface area contributed by atoms with E-state index in [4.69, 9.17) is 22.7 Å². The third-order valence-corrected chi connectivity index (χ3v) is 3.86. The molecule has 1 aromatic carbocycles. The zero-order chi connectivity index (χ0) is 15.0. The molecule has 1 aliphatic carbocycles. The molecule has 0 spiro atoms. The minimum absolute atomic E-state index is 0.236. The van der Waals surface area contributed by atoms with Crippen molar-refractivity contribution in [3.8, 4) is 11.6 Å². The van der Waals surface area contributed by atoms with Gasteiger partial charge in [0.2, 0.25) is 5.88 Å². The van der Waals surface area contributed by atoms with Crippen molar-refractivity contribution in [2.75, 3.05) is 0 Å². The molecule has 2 aromatic rings. The van der Waals surface area contributed by atoms with Crippen LogP contribution in [0.2, 0.25) is 0 Å². The van der Waals surface area contributed by atoms with Gasteiger partial charge in [0.1, 0.15) is 16.6 Å². The molecule has 108 valence electrons. The zero-order valence-corrected chi connectivity index (χ0v) is 12.5. The van der Waals surface area contributed by atoms with Crippen molar-refractivity contribution in [2.45, 2.75) is 26.2 Å². The fourth-order valence-electron chi connectivity index (χ4n) is 2.46. The molecule has 1 aromatic heterocycles. The number of nitrogens with two attached hydrogens (primary N) is 1. The van der Waals surface area contributed by atoms with Gasteiger partial charge in [0.05, 0.1) is 5.56 Å². The molecule has 0 unspecified atom stereocenters.